The van der Waals surface area contributed by atoms with E-state index in [1.54, 1.807) is 16.9 Å². The fourth-order valence-electron chi connectivity index (χ4n) is 1.16. The largest absolute Gasteiger partial charge is 0.302 e. The van der Waals surface area contributed by atoms with Gasteiger partial charge >= 0.3 is 0 Å². The molecule has 0 atom stereocenters. The van der Waals surface area contributed by atoms with Gasteiger partial charge in [-0.25, -0.2) is 14.5 Å². The number of nitrogens with one attached hydrogen (secondary N) is 1. The second kappa shape index (κ2) is 3.02. The second-order valence-electron chi connectivity index (χ2n) is 2.94. The minimum Gasteiger partial charge on any atom is -0.302 e. The van der Waals surface area contributed by atoms with Crippen LogP contribution in [0.3, 0.4) is 0 Å². The standard InChI is InChI=1S/C8H11N5/c1-12(2)11-8-7-3-4-10-13(7)6-5-9-8/h3-6H,1-2H3,(H,9,11). The molecule has 0 saturated heterocycles. The van der Waals surface area contributed by atoms with Gasteiger partial charge in [0.25, 0.3) is 0 Å². The van der Waals surface area contributed by atoms with Crippen LogP contribution < -0.4 is 5.43 Å². The highest BCUT2D eigenvalue weighted by Gasteiger charge is 2.01. The third-order valence-corrected chi connectivity index (χ3v) is 1.65. The number of fused-ring (bicyclic) bond motifs is 1. The normalized spacial score (nSPS) is 11.0. The Morgan fingerprint density at radius 2 is 2.23 bits per heavy atom. The molecule has 0 fully saturated rings. The van der Waals surface area contributed by atoms with Crippen LogP contribution in [0.4, 0.5) is 5.82 Å². The minimum atomic E-state index is 0.810. The van der Waals surface area contributed by atoms with Crippen molar-refractivity contribution in [2.45, 2.75) is 0 Å². The maximum atomic E-state index is 4.21. The number of hydrogen-bond donors (Lipinski definition) is 1. The SMILES string of the molecule is CN(C)Nc1nccn2nccc12. The average Bonchev–Trinajstić information content (AvgIpc) is 2.51. The van der Waals surface area contributed by atoms with E-state index in [0.717, 1.165) is 11.3 Å². The van der Waals surface area contributed by atoms with Crippen molar-refractivity contribution >= 4 is 11.3 Å². The molecule has 2 rings (SSSR count). The molecule has 5 nitrogen and oxygen atoms in total. The molecular weight excluding hydrogens is 166 g/mol. The molecule has 0 aliphatic carbocycles. The number of aromatic nitrogens is 3. The maximum absolute atomic E-state index is 4.21. The van der Waals surface area contributed by atoms with Gasteiger partial charge in [0.2, 0.25) is 0 Å². The summed E-state index contributed by atoms with van der Waals surface area (Å²) in [4.78, 5) is 4.21. The Hall–Kier alpha value is -1.62. The zero-order valence-electron chi connectivity index (χ0n) is 7.60. The minimum absolute atomic E-state index is 0.810. The quantitative estimate of drug-likeness (QED) is 0.683. The van der Waals surface area contributed by atoms with E-state index in [0.29, 0.717) is 0 Å². The lowest BCUT2D eigenvalue weighted by Crippen LogP contribution is -2.20. The van der Waals surface area contributed by atoms with E-state index >= 15 is 0 Å². The van der Waals surface area contributed by atoms with Gasteiger partial charge < -0.3 is 5.43 Å². The summed E-state index contributed by atoms with van der Waals surface area (Å²) in [5, 5.41) is 5.95. The van der Waals surface area contributed by atoms with E-state index in [2.05, 4.69) is 15.5 Å². The topological polar surface area (TPSA) is 45.5 Å². The molecule has 0 spiro atoms. The van der Waals surface area contributed by atoms with Crippen LogP contribution >= 0.6 is 0 Å². The van der Waals surface area contributed by atoms with Gasteiger partial charge in [-0.15, -0.1) is 0 Å². The fraction of sp³-hybridized carbons (Fsp3) is 0.250. The third-order valence-electron chi connectivity index (χ3n) is 1.65. The molecule has 0 saturated carbocycles. The number of rotatable bonds is 2. The van der Waals surface area contributed by atoms with Crippen molar-refractivity contribution in [2.24, 2.45) is 0 Å². The molecule has 68 valence electrons. The lowest BCUT2D eigenvalue weighted by molar-refractivity contribution is 0.493. The summed E-state index contributed by atoms with van der Waals surface area (Å²) < 4.78 is 1.78. The molecule has 0 radical (unpaired) electrons. The van der Waals surface area contributed by atoms with Crippen molar-refractivity contribution in [3.05, 3.63) is 24.7 Å². The van der Waals surface area contributed by atoms with Crippen molar-refractivity contribution in [1.29, 1.82) is 0 Å². The molecular formula is C8H11N5. The van der Waals surface area contributed by atoms with Crippen molar-refractivity contribution < 1.29 is 0 Å². The predicted octanol–water partition coefficient (Wildman–Crippen LogP) is 0.618. The highest BCUT2D eigenvalue weighted by Crippen LogP contribution is 2.11. The van der Waals surface area contributed by atoms with Gasteiger partial charge in [0.15, 0.2) is 5.82 Å². The van der Waals surface area contributed by atoms with Gasteiger partial charge in [0.1, 0.15) is 5.52 Å². The van der Waals surface area contributed by atoms with Crippen LogP contribution in [0.15, 0.2) is 24.7 Å². The Morgan fingerprint density at radius 1 is 1.38 bits per heavy atom. The molecule has 0 amide bonds. The van der Waals surface area contributed by atoms with Crippen LogP contribution in [0, 0.1) is 0 Å². The molecule has 0 aliphatic heterocycles. The molecule has 5 heteroatoms. The summed E-state index contributed by atoms with van der Waals surface area (Å²) in [5.41, 5.74) is 4.06. The van der Waals surface area contributed by atoms with Gasteiger partial charge in [0, 0.05) is 26.5 Å². The number of anilines is 1. The van der Waals surface area contributed by atoms with Crippen molar-refractivity contribution in [3.8, 4) is 0 Å². The summed E-state index contributed by atoms with van der Waals surface area (Å²) in [6.07, 6.45) is 5.28. The summed E-state index contributed by atoms with van der Waals surface area (Å²) in [7, 11) is 3.84. The molecule has 2 aromatic rings. The van der Waals surface area contributed by atoms with Gasteiger partial charge in [-0.1, -0.05) is 0 Å². The van der Waals surface area contributed by atoms with Crippen molar-refractivity contribution in [2.75, 3.05) is 19.5 Å². The van der Waals surface area contributed by atoms with E-state index < -0.39 is 0 Å². The molecule has 0 unspecified atom stereocenters. The summed E-state index contributed by atoms with van der Waals surface area (Å²) in [6, 6.07) is 1.92. The summed E-state index contributed by atoms with van der Waals surface area (Å²) in [5.74, 6) is 0.810. The highest BCUT2D eigenvalue weighted by molar-refractivity contribution is 5.66. The zero-order valence-corrected chi connectivity index (χ0v) is 7.60. The lowest BCUT2D eigenvalue weighted by atomic mass is 10.5. The van der Waals surface area contributed by atoms with Crippen molar-refractivity contribution in [1.82, 2.24) is 19.6 Å². The maximum Gasteiger partial charge on any atom is 0.166 e. The van der Waals surface area contributed by atoms with Crippen LogP contribution in [-0.4, -0.2) is 33.7 Å². The summed E-state index contributed by atoms with van der Waals surface area (Å²) in [6.45, 7) is 0. The van der Waals surface area contributed by atoms with Gasteiger partial charge in [-0.3, -0.25) is 0 Å². The molecule has 0 bridgehead atoms. The van der Waals surface area contributed by atoms with Crippen LogP contribution in [0.1, 0.15) is 0 Å². The predicted molar refractivity (Wildman–Crippen MR) is 50.3 cm³/mol. The molecule has 0 aliphatic rings. The molecule has 13 heavy (non-hydrogen) atoms. The van der Waals surface area contributed by atoms with Crippen LogP contribution in [-0.2, 0) is 0 Å². The van der Waals surface area contributed by atoms with Crippen LogP contribution in [0.5, 0.6) is 0 Å². The van der Waals surface area contributed by atoms with E-state index in [4.69, 9.17) is 0 Å². The fourth-order valence-corrected chi connectivity index (χ4v) is 1.16. The Kier molecular flexibility index (Phi) is 1.86. The number of hydrogen-bond acceptors (Lipinski definition) is 4. The molecule has 2 aromatic heterocycles. The Balaban J connectivity index is 2.48. The highest BCUT2D eigenvalue weighted by atomic mass is 15.5. The first kappa shape index (κ1) is 8.00. The van der Waals surface area contributed by atoms with Crippen LogP contribution in [0.25, 0.3) is 5.52 Å². The Morgan fingerprint density at radius 3 is 3.00 bits per heavy atom. The monoisotopic (exact) mass is 177 g/mol. The molecule has 0 aromatic carbocycles. The molecule has 2 heterocycles. The van der Waals surface area contributed by atoms with Crippen LogP contribution in [0.2, 0.25) is 0 Å². The smallest absolute Gasteiger partial charge is 0.166 e. The first-order valence-corrected chi connectivity index (χ1v) is 4.00. The number of hydrazine groups is 1. The van der Waals surface area contributed by atoms with Gasteiger partial charge in [-0.2, -0.15) is 5.10 Å². The zero-order chi connectivity index (χ0) is 9.26. The van der Waals surface area contributed by atoms with E-state index in [1.807, 2.05) is 31.4 Å². The summed E-state index contributed by atoms with van der Waals surface area (Å²) >= 11 is 0. The first-order chi connectivity index (χ1) is 6.27. The Labute approximate surface area is 76.0 Å². The lowest BCUT2D eigenvalue weighted by Gasteiger charge is -2.12. The van der Waals surface area contributed by atoms with E-state index in [9.17, 15) is 0 Å². The third kappa shape index (κ3) is 1.46. The van der Waals surface area contributed by atoms with Gasteiger partial charge in [-0.05, 0) is 6.07 Å². The molecule has 1 N–H and O–H groups in total. The second-order valence-corrected chi connectivity index (χ2v) is 2.94. The first-order valence-electron chi connectivity index (χ1n) is 4.00. The Bertz CT molecular complexity index is 406. The van der Waals surface area contributed by atoms with Crippen molar-refractivity contribution in [3.63, 3.8) is 0 Å². The average molecular weight is 177 g/mol. The van der Waals surface area contributed by atoms with E-state index in [1.165, 1.54) is 0 Å². The number of nitrogens with zero attached hydrogens (tertiary/aromatic N) is 4. The van der Waals surface area contributed by atoms with Gasteiger partial charge in [0.05, 0.1) is 6.20 Å². The van der Waals surface area contributed by atoms with E-state index in [-0.39, 0.29) is 0 Å².